The van der Waals surface area contributed by atoms with E-state index in [-0.39, 0.29) is 5.91 Å². The zero-order valence-electron chi connectivity index (χ0n) is 15.0. The minimum atomic E-state index is -0.0327. The maximum absolute atomic E-state index is 12.4. The molecule has 0 aliphatic rings. The van der Waals surface area contributed by atoms with Crippen molar-refractivity contribution in [2.75, 3.05) is 6.54 Å². The Morgan fingerprint density at radius 1 is 0.926 bits per heavy atom. The van der Waals surface area contributed by atoms with Crippen molar-refractivity contribution in [3.8, 4) is 11.4 Å². The lowest BCUT2D eigenvalue weighted by Crippen LogP contribution is -2.25. The number of benzene rings is 3. The van der Waals surface area contributed by atoms with Crippen LogP contribution in [0.2, 0.25) is 0 Å². The van der Waals surface area contributed by atoms with Crippen molar-refractivity contribution in [1.29, 1.82) is 0 Å². The van der Waals surface area contributed by atoms with Gasteiger partial charge < -0.3 is 9.88 Å². The van der Waals surface area contributed by atoms with E-state index in [0.29, 0.717) is 12.1 Å². The number of carbonyl (C=O) groups excluding carboxylic acids is 1. The highest BCUT2D eigenvalue weighted by molar-refractivity contribution is 5.98. The normalized spacial score (nSPS) is 10.8. The van der Waals surface area contributed by atoms with E-state index in [9.17, 15) is 4.79 Å². The molecule has 27 heavy (non-hydrogen) atoms. The number of aryl methyl sites for hydroxylation is 1. The average Bonchev–Trinajstić information content (AvgIpc) is 3.20. The van der Waals surface area contributed by atoms with Crippen molar-refractivity contribution in [3.63, 3.8) is 0 Å². The number of nitrogens with zero attached hydrogens (tertiary/aromatic N) is 2. The van der Waals surface area contributed by atoms with Gasteiger partial charge in [-0.05, 0) is 29.3 Å². The van der Waals surface area contributed by atoms with E-state index in [0.717, 1.165) is 35.1 Å². The highest BCUT2D eigenvalue weighted by atomic mass is 16.1. The van der Waals surface area contributed by atoms with E-state index >= 15 is 0 Å². The minimum absolute atomic E-state index is 0.0327. The molecule has 1 amide bonds. The minimum Gasteiger partial charge on any atom is -0.352 e. The van der Waals surface area contributed by atoms with Gasteiger partial charge in [0.05, 0.1) is 0 Å². The van der Waals surface area contributed by atoms with Crippen LogP contribution in [0.3, 0.4) is 0 Å². The molecule has 1 heterocycles. The first-order valence-electron chi connectivity index (χ1n) is 9.15. The molecule has 0 unspecified atom stereocenters. The van der Waals surface area contributed by atoms with Crippen LogP contribution < -0.4 is 5.32 Å². The SMILES string of the molecule is O=C(NCCCn1ccnc1-c1ccccc1)c1ccc2ccccc2c1. The molecule has 3 aromatic carbocycles. The molecule has 4 heteroatoms. The second kappa shape index (κ2) is 7.87. The van der Waals surface area contributed by atoms with Gasteiger partial charge in [0.2, 0.25) is 0 Å². The Kier molecular flexibility index (Phi) is 4.97. The highest BCUT2D eigenvalue weighted by Crippen LogP contribution is 2.17. The quantitative estimate of drug-likeness (QED) is 0.517. The fraction of sp³-hybridized carbons (Fsp3) is 0.130. The summed E-state index contributed by atoms with van der Waals surface area (Å²) in [5.41, 5.74) is 1.80. The number of nitrogens with one attached hydrogen (secondary N) is 1. The maximum Gasteiger partial charge on any atom is 0.251 e. The van der Waals surface area contributed by atoms with Crippen LogP contribution in [0, 0.1) is 0 Å². The number of imidazole rings is 1. The Morgan fingerprint density at radius 3 is 2.56 bits per heavy atom. The van der Waals surface area contributed by atoms with E-state index in [2.05, 4.69) is 27.0 Å². The Balaban J connectivity index is 1.34. The number of rotatable bonds is 6. The van der Waals surface area contributed by atoms with E-state index < -0.39 is 0 Å². The van der Waals surface area contributed by atoms with Gasteiger partial charge in [-0.1, -0.05) is 60.7 Å². The molecule has 0 bridgehead atoms. The molecule has 0 spiro atoms. The van der Waals surface area contributed by atoms with Crippen molar-refractivity contribution in [3.05, 3.63) is 90.8 Å². The summed E-state index contributed by atoms with van der Waals surface area (Å²) in [6, 6.07) is 24.0. The first-order chi connectivity index (χ1) is 13.3. The van der Waals surface area contributed by atoms with Crippen LogP contribution in [-0.2, 0) is 6.54 Å². The summed E-state index contributed by atoms with van der Waals surface area (Å²) < 4.78 is 2.12. The molecule has 1 aromatic heterocycles. The van der Waals surface area contributed by atoms with Gasteiger partial charge >= 0.3 is 0 Å². The van der Waals surface area contributed by atoms with Crippen LogP contribution in [0.25, 0.3) is 22.2 Å². The van der Waals surface area contributed by atoms with Crippen LogP contribution in [0.15, 0.2) is 85.2 Å². The second-order valence-electron chi connectivity index (χ2n) is 6.48. The highest BCUT2D eigenvalue weighted by Gasteiger charge is 2.07. The number of carbonyl (C=O) groups is 1. The smallest absolute Gasteiger partial charge is 0.251 e. The van der Waals surface area contributed by atoms with Gasteiger partial charge in [0.15, 0.2) is 0 Å². The maximum atomic E-state index is 12.4. The second-order valence-corrected chi connectivity index (χ2v) is 6.48. The molecule has 0 saturated heterocycles. The molecule has 0 saturated carbocycles. The van der Waals surface area contributed by atoms with E-state index in [1.165, 1.54) is 0 Å². The van der Waals surface area contributed by atoms with Gasteiger partial charge in [-0.3, -0.25) is 4.79 Å². The summed E-state index contributed by atoms with van der Waals surface area (Å²) in [6.07, 6.45) is 4.64. The Bertz CT molecular complexity index is 1050. The lowest BCUT2D eigenvalue weighted by Gasteiger charge is -2.09. The molecule has 4 rings (SSSR count). The first kappa shape index (κ1) is 17.0. The molecular formula is C23H21N3O. The largest absolute Gasteiger partial charge is 0.352 e. The third-order valence-corrected chi connectivity index (χ3v) is 4.62. The zero-order valence-corrected chi connectivity index (χ0v) is 15.0. The predicted octanol–water partition coefficient (Wildman–Crippen LogP) is 4.52. The molecule has 1 N–H and O–H groups in total. The number of fused-ring (bicyclic) bond motifs is 1. The van der Waals surface area contributed by atoms with Crippen LogP contribution >= 0.6 is 0 Å². The van der Waals surface area contributed by atoms with Crippen LogP contribution in [0.1, 0.15) is 16.8 Å². The zero-order chi connectivity index (χ0) is 18.5. The van der Waals surface area contributed by atoms with Gasteiger partial charge in [-0.25, -0.2) is 4.98 Å². The van der Waals surface area contributed by atoms with Gasteiger partial charge in [-0.15, -0.1) is 0 Å². The molecular weight excluding hydrogens is 334 g/mol. The third-order valence-electron chi connectivity index (χ3n) is 4.62. The van der Waals surface area contributed by atoms with Crippen molar-refractivity contribution in [2.45, 2.75) is 13.0 Å². The average molecular weight is 355 g/mol. The van der Waals surface area contributed by atoms with Gasteiger partial charge in [-0.2, -0.15) is 0 Å². The summed E-state index contributed by atoms with van der Waals surface area (Å²) in [5, 5.41) is 5.23. The number of hydrogen-bond donors (Lipinski definition) is 1. The standard InChI is InChI=1S/C23H21N3O/c27-23(21-12-11-18-7-4-5-10-20(18)17-21)25-13-6-15-26-16-14-24-22(26)19-8-2-1-3-9-19/h1-5,7-12,14,16-17H,6,13,15H2,(H,25,27). The summed E-state index contributed by atoms with van der Waals surface area (Å²) in [5.74, 6) is 0.922. The fourth-order valence-electron chi connectivity index (χ4n) is 3.22. The summed E-state index contributed by atoms with van der Waals surface area (Å²) >= 11 is 0. The molecule has 4 nitrogen and oxygen atoms in total. The Hall–Kier alpha value is -3.40. The molecule has 0 aliphatic heterocycles. The lowest BCUT2D eigenvalue weighted by atomic mass is 10.1. The molecule has 0 aliphatic carbocycles. The lowest BCUT2D eigenvalue weighted by molar-refractivity contribution is 0.0953. The van der Waals surface area contributed by atoms with Crippen LogP contribution in [0.5, 0.6) is 0 Å². The third kappa shape index (κ3) is 3.90. The molecule has 4 aromatic rings. The van der Waals surface area contributed by atoms with Gasteiger partial charge in [0, 0.05) is 36.6 Å². The predicted molar refractivity (Wildman–Crippen MR) is 109 cm³/mol. The number of aromatic nitrogens is 2. The summed E-state index contributed by atoms with van der Waals surface area (Å²) in [6.45, 7) is 1.43. The van der Waals surface area contributed by atoms with Crippen LogP contribution in [0.4, 0.5) is 0 Å². The van der Waals surface area contributed by atoms with Crippen molar-refractivity contribution < 1.29 is 4.79 Å². The molecule has 0 atom stereocenters. The van der Waals surface area contributed by atoms with Crippen molar-refractivity contribution in [2.24, 2.45) is 0 Å². The molecule has 0 radical (unpaired) electrons. The first-order valence-corrected chi connectivity index (χ1v) is 9.15. The van der Waals surface area contributed by atoms with E-state index in [1.807, 2.05) is 73.1 Å². The number of amides is 1. The van der Waals surface area contributed by atoms with Gasteiger partial charge in [0.25, 0.3) is 5.91 Å². The topological polar surface area (TPSA) is 46.9 Å². The fourth-order valence-corrected chi connectivity index (χ4v) is 3.22. The van der Waals surface area contributed by atoms with E-state index in [1.54, 1.807) is 0 Å². The van der Waals surface area contributed by atoms with E-state index in [4.69, 9.17) is 0 Å². The van der Waals surface area contributed by atoms with Crippen molar-refractivity contribution in [1.82, 2.24) is 14.9 Å². The van der Waals surface area contributed by atoms with Crippen molar-refractivity contribution >= 4 is 16.7 Å². The summed E-state index contributed by atoms with van der Waals surface area (Å²) in [4.78, 5) is 16.9. The molecule has 0 fully saturated rings. The summed E-state index contributed by atoms with van der Waals surface area (Å²) in [7, 11) is 0. The monoisotopic (exact) mass is 355 g/mol. The Labute approximate surface area is 158 Å². The molecule has 134 valence electrons. The number of hydrogen-bond acceptors (Lipinski definition) is 2. The van der Waals surface area contributed by atoms with Crippen LogP contribution in [-0.4, -0.2) is 22.0 Å². The Morgan fingerprint density at radius 2 is 1.70 bits per heavy atom. The van der Waals surface area contributed by atoms with Gasteiger partial charge in [0.1, 0.15) is 5.82 Å².